The smallest absolute Gasteiger partial charge is 0.255 e. The summed E-state index contributed by atoms with van der Waals surface area (Å²) in [5.74, 6) is 1.53. The third-order valence-electron chi connectivity index (χ3n) is 4.20. The topological polar surface area (TPSA) is 81.1 Å². The number of anilines is 2. The molecule has 1 aliphatic rings. The summed E-state index contributed by atoms with van der Waals surface area (Å²) in [6.07, 6.45) is 2.30. The van der Waals surface area contributed by atoms with E-state index in [0.29, 0.717) is 28.9 Å². The van der Waals surface area contributed by atoms with Gasteiger partial charge in [-0.05, 0) is 31.4 Å². The average molecular weight is 341 g/mol. The highest BCUT2D eigenvalue weighted by Crippen LogP contribution is 2.35. The molecule has 2 aromatic rings. The normalized spacial score (nSPS) is 16.4. The van der Waals surface area contributed by atoms with Gasteiger partial charge in [-0.15, -0.1) is 0 Å². The second kappa shape index (κ2) is 6.96. The standard InChI is InChI=1S/C18H23N5O2/c1-11(2)9-14-16(12(3)21-18-19-10-20-23(14)18)17(24)22-13-7-5-6-8-15(13)25-4/h5-8,10-11,14H,9H2,1-4H3,(H,22,24)(H,19,20,21). The number of benzene rings is 1. The van der Waals surface area contributed by atoms with E-state index in [9.17, 15) is 4.79 Å². The van der Waals surface area contributed by atoms with Gasteiger partial charge >= 0.3 is 0 Å². The van der Waals surface area contributed by atoms with Gasteiger partial charge in [0, 0.05) is 5.70 Å². The van der Waals surface area contributed by atoms with Gasteiger partial charge in [0.2, 0.25) is 5.95 Å². The molecule has 7 nitrogen and oxygen atoms in total. The first-order chi connectivity index (χ1) is 12.0. The lowest BCUT2D eigenvalue weighted by Crippen LogP contribution is -2.31. The van der Waals surface area contributed by atoms with E-state index in [1.54, 1.807) is 11.8 Å². The molecule has 0 aliphatic carbocycles. The molecule has 0 bridgehead atoms. The number of nitrogens with zero attached hydrogens (tertiary/aromatic N) is 3. The zero-order chi connectivity index (χ0) is 18.0. The van der Waals surface area contributed by atoms with E-state index in [1.807, 2.05) is 31.2 Å². The Hall–Kier alpha value is -2.83. The maximum atomic E-state index is 13.0. The number of ether oxygens (including phenoxy) is 1. The molecule has 0 fully saturated rings. The Bertz CT molecular complexity index is 809. The summed E-state index contributed by atoms with van der Waals surface area (Å²) in [6, 6.07) is 7.20. The minimum atomic E-state index is -0.165. The van der Waals surface area contributed by atoms with Crippen molar-refractivity contribution in [2.75, 3.05) is 17.7 Å². The van der Waals surface area contributed by atoms with Crippen LogP contribution in [0.1, 0.15) is 33.2 Å². The van der Waals surface area contributed by atoms with Crippen molar-refractivity contribution >= 4 is 17.5 Å². The number of hydrogen-bond donors (Lipinski definition) is 2. The fraction of sp³-hybridized carbons (Fsp3) is 0.389. The molecule has 1 unspecified atom stereocenters. The maximum absolute atomic E-state index is 13.0. The molecule has 1 atom stereocenters. The Morgan fingerprint density at radius 3 is 2.88 bits per heavy atom. The molecule has 1 aromatic heterocycles. The van der Waals surface area contributed by atoms with E-state index < -0.39 is 0 Å². The first kappa shape index (κ1) is 17.0. The van der Waals surface area contributed by atoms with Gasteiger partial charge in [-0.2, -0.15) is 10.1 Å². The van der Waals surface area contributed by atoms with Gasteiger partial charge in [0.15, 0.2) is 0 Å². The number of carbonyl (C=O) groups excluding carboxylic acids is 1. The van der Waals surface area contributed by atoms with Crippen molar-refractivity contribution in [2.45, 2.75) is 33.2 Å². The van der Waals surface area contributed by atoms with E-state index in [2.05, 4.69) is 34.6 Å². The van der Waals surface area contributed by atoms with Crippen LogP contribution in [0.15, 0.2) is 41.9 Å². The van der Waals surface area contributed by atoms with E-state index in [1.165, 1.54) is 6.33 Å². The van der Waals surface area contributed by atoms with Crippen LogP contribution in [0.5, 0.6) is 5.75 Å². The summed E-state index contributed by atoms with van der Waals surface area (Å²) >= 11 is 0. The Balaban J connectivity index is 1.93. The first-order valence-corrected chi connectivity index (χ1v) is 8.33. The first-order valence-electron chi connectivity index (χ1n) is 8.33. The summed E-state index contributed by atoms with van der Waals surface area (Å²) in [4.78, 5) is 17.3. The molecule has 1 aliphatic heterocycles. The number of rotatable bonds is 5. The van der Waals surface area contributed by atoms with Crippen LogP contribution in [0.3, 0.4) is 0 Å². The van der Waals surface area contributed by atoms with Gasteiger partial charge in [-0.1, -0.05) is 26.0 Å². The Kier molecular flexibility index (Phi) is 4.74. The number of nitrogens with one attached hydrogen (secondary N) is 2. The van der Waals surface area contributed by atoms with Crippen LogP contribution in [0.2, 0.25) is 0 Å². The minimum absolute atomic E-state index is 0.159. The van der Waals surface area contributed by atoms with E-state index in [-0.39, 0.29) is 11.9 Å². The van der Waals surface area contributed by atoms with Crippen molar-refractivity contribution in [3.05, 3.63) is 41.9 Å². The highest BCUT2D eigenvalue weighted by Gasteiger charge is 2.32. The van der Waals surface area contributed by atoms with Crippen molar-refractivity contribution in [2.24, 2.45) is 5.92 Å². The van der Waals surface area contributed by atoms with Crippen molar-refractivity contribution in [3.63, 3.8) is 0 Å². The van der Waals surface area contributed by atoms with Gasteiger partial charge in [-0.25, -0.2) is 4.68 Å². The number of aromatic nitrogens is 3. The third-order valence-corrected chi connectivity index (χ3v) is 4.20. The van der Waals surface area contributed by atoms with Crippen LogP contribution in [-0.4, -0.2) is 27.8 Å². The molecule has 0 saturated carbocycles. The highest BCUT2D eigenvalue weighted by molar-refractivity contribution is 6.06. The molecule has 2 heterocycles. The minimum Gasteiger partial charge on any atom is -0.495 e. The van der Waals surface area contributed by atoms with Crippen LogP contribution < -0.4 is 15.4 Å². The molecule has 132 valence electrons. The SMILES string of the molecule is COc1ccccc1NC(=O)C1=C(C)Nc2ncnn2C1CC(C)C. The zero-order valence-electron chi connectivity index (χ0n) is 14.9. The van der Waals surface area contributed by atoms with Crippen molar-refractivity contribution in [3.8, 4) is 5.75 Å². The van der Waals surface area contributed by atoms with Gasteiger partial charge in [0.05, 0.1) is 24.4 Å². The second-order valence-electron chi connectivity index (χ2n) is 6.49. The molecular formula is C18H23N5O2. The zero-order valence-corrected chi connectivity index (χ0v) is 14.9. The molecule has 0 spiro atoms. The predicted octanol–water partition coefficient (Wildman–Crippen LogP) is 3.21. The van der Waals surface area contributed by atoms with Gasteiger partial charge < -0.3 is 15.4 Å². The van der Waals surface area contributed by atoms with E-state index >= 15 is 0 Å². The number of amides is 1. The molecule has 0 radical (unpaired) electrons. The largest absolute Gasteiger partial charge is 0.495 e. The molecule has 1 aromatic carbocycles. The van der Waals surface area contributed by atoms with E-state index in [4.69, 9.17) is 4.74 Å². The van der Waals surface area contributed by atoms with Crippen molar-refractivity contribution < 1.29 is 9.53 Å². The summed E-state index contributed by atoms with van der Waals surface area (Å²) in [5.41, 5.74) is 2.10. The lowest BCUT2D eigenvalue weighted by molar-refractivity contribution is -0.113. The Morgan fingerprint density at radius 2 is 2.16 bits per heavy atom. The molecule has 3 rings (SSSR count). The second-order valence-corrected chi connectivity index (χ2v) is 6.49. The van der Waals surface area contributed by atoms with Gasteiger partial charge in [0.1, 0.15) is 12.1 Å². The highest BCUT2D eigenvalue weighted by atomic mass is 16.5. The van der Waals surface area contributed by atoms with Crippen LogP contribution >= 0.6 is 0 Å². The van der Waals surface area contributed by atoms with Crippen molar-refractivity contribution in [1.29, 1.82) is 0 Å². The lowest BCUT2D eigenvalue weighted by Gasteiger charge is -2.29. The number of allylic oxidation sites excluding steroid dienone is 1. The number of para-hydroxylation sites is 2. The average Bonchev–Trinajstić information content (AvgIpc) is 3.03. The molecule has 0 saturated heterocycles. The Labute approximate surface area is 147 Å². The number of hydrogen-bond acceptors (Lipinski definition) is 5. The fourth-order valence-corrected chi connectivity index (χ4v) is 3.10. The number of fused-ring (bicyclic) bond motifs is 1. The summed E-state index contributed by atoms with van der Waals surface area (Å²) in [7, 11) is 1.58. The number of carbonyl (C=O) groups is 1. The van der Waals surface area contributed by atoms with Crippen LogP contribution in [0.4, 0.5) is 11.6 Å². The molecule has 25 heavy (non-hydrogen) atoms. The van der Waals surface area contributed by atoms with Gasteiger partial charge in [-0.3, -0.25) is 4.79 Å². The molecule has 1 amide bonds. The monoisotopic (exact) mass is 341 g/mol. The summed E-state index contributed by atoms with van der Waals surface area (Å²) in [6.45, 7) is 6.15. The van der Waals surface area contributed by atoms with Crippen LogP contribution in [-0.2, 0) is 4.79 Å². The fourth-order valence-electron chi connectivity index (χ4n) is 3.10. The molecule has 2 N–H and O–H groups in total. The number of methoxy groups -OCH3 is 1. The van der Waals surface area contributed by atoms with Crippen molar-refractivity contribution in [1.82, 2.24) is 14.8 Å². The molecular weight excluding hydrogens is 318 g/mol. The van der Waals surface area contributed by atoms with Crippen LogP contribution in [0.25, 0.3) is 0 Å². The summed E-state index contributed by atoms with van der Waals surface area (Å²) < 4.78 is 7.10. The summed E-state index contributed by atoms with van der Waals surface area (Å²) in [5, 5.41) is 10.4. The quantitative estimate of drug-likeness (QED) is 0.873. The van der Waals surface area contributed by atoms with Gasteiger partial charge in [0.25, 0.3) is 5.91 Å². The van der Waals surface area contributed by atoms with Crippen LogP contribution in [0, 0.1) is 5.92 Å². The molecule has 7 heteroatoms. The lowest BCUT2D eigenvalue weighted by atomic mass is 9.94. The van der Waals surface area contributed by atoms with E-state index in [0.717, 1.165) is 12.1 Å². The maximum Gasteiger partial charge on any atom is 0.255 e. The predicted molar refractivity (Wildman–Crippen MR) is 96.5 cm³/mol. The third kappa shape index (κ3) is 3.35. The Morgan fingerprint density at radius 1 is 1.40 bits per heavy atom.